The molecule has 2 N–H and O–H groups in total. The molecule has 12 nitrogen and oxygen atoms in total. The fourth-order valence-electron chi connectivity index (χ4n) is 6.70. The van der Waals surface area contributed by atoms with Crippen molar-refractivity contribution in [2.45, 2.75) is 78.4 Å². The van der Waals surface area contributed by atoms with Crippen molar-refractivity contribution in [1.82, 2.24) is 34.7 Å². The van der Waals surface area contributed by atoms with Crippen LogP contribution in [0.4, 0.5) is 18.0 Å². The number of fused-ring (bicyclic) bond motifs is 1. The summed E-state index contributed by atoms with van der Waals surface area (Å²) in [6, 6.07) is 16.0. The van der Waals surface area contributed by atoms with Gasteiger partial charge in [0.05, 0.1) is 41.4 Å². The zero-order valence-corrected chi connectivity index (χ0v) is 35.3. The van der Waals surface area contributed by atoms with E-state index in [9.17, 15) is 27.6 Å². The lowest BCUT2D eigenvalue weighted by Gasteiger charge is -2.29. The minimum Gasteiger partial charge on any atom is -0.481 e. The van der Waals surface area contributed by atoms with Crippen LogP contribution in [-0.2, 0) is 29.7 Å². The summed E-state index contributed by atoms with van der Waals surface area (Å²) in [6.07, 6.45) is -2.29. The summed E-state index contributed by atoms with van der Waals surface area (Å²) >= 11 is 14.2. The highest BCUT2D eigenvalue weighted by atomic mass is 35.5. The Balaban J connectivity index is 1.28. The summed E-state index contributed by atoms with van der Waals surface area (Å²) in [5, 5.41) is 10.9. The van der Waals surface area contributed by atoms with E-state index in [1.54, 1.807) is 45.2 Å². The van der Waals surface area contributed by atoms with Gasteiger partial charge in [-0.1, -0.05) is 59.6 Å². The predicted molar refractivity (Wildman–Crippen MR) is 220 cm³/mol. The number of ether oxygens (including phenoxy) is 2. The number of benzene rings is 2. The van der Waals surface area contributed by atoms with Crippen LogP contribution in [0.5, 0.6) is 5.88 Å². The Morgan fingerprint density at radius 1 is 0.983 bits per heavy atom. The second kappa shape index (κ2) is 16.9. The molecule has 1 aliphatic rings. The van der Waals surface area contributed by atoms with Gasteiger partial charge >= 0.3 is 12.3 Å². The van der Waals surface area contributed by atoms with Crippen LogP contribution < -0.4 is 20.9 Å². The Kier molecular flexibility index (Phi) is 12.4. The first-order valence-electron chi connectivity index (χ1n) is 18.9. The Morgan fingerprint density at radius 3 is 2.24 bits per heavy atom. The normalized spacial score (nSPS) is 14.8. The highest BCUT2D eigenvalue weighted by Gasteiger charge is 2.46. The van der Waals surface area contributed by atoms with Gasteiger partial charge in [0.25, 0.3) is 5.56 Å². The Bertz CT molecular complexity index is 2460. The number of methoxy groups -OCH3 is 1. The molecule has 2 amide bonds. The largest absolute Gasteiger partial charge is 0.481 e. The van der Waals surface area contributed by atoms with Crippen molar-refractivity contribution in [3.63, 3.8) is 0 Å². The maximum Gasteiger partial charge on any atom is 0.410 e. The number of nitrogens with one attached hydrogen (secondary N) is 2. The minimum absolute atomic E-state index is 0.0604. The van der Waals surface area contributed by atoms with E-state index in [0.29, 0.717) is 62.0 Å². The number of rotatable bonds is 12. The molecular weight excluding hydrogens is 810 g/mol. The third-order valence-electron chi connectivity index (χ3n) is 10.1. The van der Waals surface area contributed by atoms with Gasteiger partial charge in [-0.15, -0.1) is 0 Å². The molecular formula is C42H46Cl2F3N7O5. The summed E-state index contributed by atoms with van der Waals surface area (Å²) in [7, 11) is 3.01. The third kappa shape index (κ3) is 9.53. The lowest BCUT2D eigenvalue weighted by Crippen LogP contribution is -2.43. The average Bonchev–Trinajstić information content (AvgIpc) is 3.78. The van der Waals surface area contributed by atoms with Crippen molar-refractivity contribution in [3.8, 4) is 39.4 Å². The van der Waals surface area contributed by atoms with Crippen LogP contribution in [0.1, 0.15) is 58.8 Å². The summed E-state index contributed by atoms with van der Waals surface area (Å²) in [5.41, 5.74) is 1.30. The average molecular weight is 857 g/mol. The number of carbonyl (C=O) groups excluding carboxylic acids is 2. The maximum absolute atomic E-state index is 13.4. The van der Waals surface area contributed by atoms with E-state index >= 15 is 0 Å². The van der Waals surface area contributed by atoms with Crippen molar-refractivity contribution >= 4 is 40.7 Å². The zero-order chi connectivity index (χ0) is 43.0. The van der Waals surface area contributed by atoms with Crippen LogP contribution in [-0.4, -0.2) is 74.1 Å². The molecule has 0 radical (unpaired) electrons. The Hall–Kier alpha value is -5.12. The molecule has 1 atom stereocenters. The van der Waals surface area contributed by atoms with Gasteiger partial charge in [0, 0.05) is 72.2 Å². The third-order valence-corrected chi connectivity index (χ3v) is 10.9. The monoisotopic (exact) mass is 855 g/mol. The molecule has 0 unspecified atom stereocenters. The van der Waals surface area contributed by atoms with Gasteiger partial charge in [0.2, 0.25) is 11.8 Å². The molecule has 1 saturated heterocycles. The van der Waals surface area contributed by atoms with Crippen LogP contribution in [0.3, 0.4) is 0 Å². The van der Waals surface area contributed by atoms with Gasteiger partial charge < -0.3 is 25.0 Å². The lowest BCUT2D eigenvalue weighted by atomic mass is 9.93. The second-order valence-electron chi connectivity index (χ2n) is 16.2. The van der Waals surface area contributed by atoms with Crippen molar-refractivity contribution in [3.05, 3.63) is 92.6 Å². The Morgan fingerprint density at radius 2 is 1.63 bits per heavy atom. The summed E-state index contributed by atoms with van der Waals surface area (Å²) < 4.78 is 54.3. The van der Waals surface area contributed by atoms with E-state index in [1.165, 1.54) is 28.1 Å². The molecule has 0 bridgehead atoms. The first-order valence-corrected chi connectivity index (χ1v) is 19.7. The van der Waals surface area contributed by atoms with Crippen molar-refractivity contribution in [2.75, 3.05) is 20.2 Å². The topological polar surface area (TPSA) is 132 Å². The highest BCUT2D eigenvalue weighted by Crippen LogP contribution is 2.43. The van der Waals surface area contributed by atoms with E-state index in [0.717, 1.165) is 13.8 Å². The highest BCUT2D eigenvalue weighted by molar-refractivity contribution is 6.39. The van der Waals surface area contributed by atoms with Gasteiger partial charge in [-0.05, 0) is 59.2 Å². The molecule has 1 fully saturated rings. The minimum atomic E-state index is -4.40. The van der Waals surface area contributed by atoms with Gasteiger partial charge in [0.1, 0.15) is 16.9 Å². The van der Waals surface area contributed by atoms with Gasteiger partial charge in [0.15, 0.2) is 0 Å². The molecule has 0 saturated carbocycles. The van der Waals surface area contributed by atoms with Gasteiger partial charge in [-0.2, -0.15) is 18.3 Å². The molecule has 1 aliphatic heterocycles. The number of hydrogen-bond acceptors (Lipinski definition) is 8. The first-order chi connectivity index (χ1) is 27.7. The molecule has 0 spiro atoms. The summed E-state index contributed by atoms with van der Waals surface area (Å²) in [6.45, 7) is 7.51. The van der Waals surface area contributed by atoms with Gasteiger partial charge in [-0.3, -0.25) is 14.2 Å². The van der Waals surface area contributed by atoms with E-state index in [4.69, 9.17) is 37.7 Å². The molecule has 314 valence electrons. The quantitative estimate of drug-likeness (QED) is 0.128. The van der Waals surface area contributed by atoms with Crippen molar-refractivity contribution < 1.29 is 32.2 Å². The fourth-order valence-corrected chi connectivity index (χ4v) is 7.36. The number of nitrogens with zero attached hydrogens (tertiary/aromatic N) is 5. The van der Waals surface area contributed by atoms with Crippen molar-refractivity contribution in [1.29, 1.82) is 0 Å². The van der Waals surface area contributed by atoms with Crippen LogP contribution in [0, 0.1) is 5.41 Å². The number of aromatic nitrogens is 4. The van der Waals surface area contributed by atoms with Crippen LogP contribution in [0.2, 0.25) is 10.0 Å². The lowest BCUT2D eigenvalue weighted by molar-refractivity contribution is -0.209. The number of alkyl halides is 3. The second-order valence-corrected chi connectivity index (χ2v) is 16.9. The SMILES string of the molecule is COc1nc(-c2cccc(-c3cccc(-c4cc5c(=O)n(C)c(CNCC(C)(C)C(F)(F)F)nn5c4)c3Cl)c2Cl)ccc1CN(C[C@@H]1CCC(=O)N1)C(=O)OC(C)(C)C. The van der Waals surface area contributed by atoms with Crippen molar-refractivity contribution in [2.24, 2.45) is 12.5 Å². The number of amides is 2. The maximum atomic E-state index is 13.4. The summed E-state index contributed by atoms with van der Waals surface area (Å²) in [5.74, 6) is 0.469. The molecule has 5 aromatic rings. The molecule has 0 aliphatic carbocycles. The standard InChI is InChI=1S/C42H46Cl2F3N7O5/c1-40(2,3)59-39(57)53(22-26-15-17-34(55)49-26)20-24-14-16-31(50-37(24)58-7)30-13-9-12-29(36(30)44)28-11-8-10-27(35(28)43)25-18-32-38(56)52(6)33(51-54(32)21-25)19-48-23-41(4,5)42(45,46)47/h8-14,16,18,21,26,48H,15,17,19-20,22-23H2,1-7H3,(H,49,55)/t26-/m0/s1. The first kappa shape index (κ1) is 43.5. The number of halogens is 5. The van der Waals surface area contributed by atoms with E-state index in [2.05, 4.69) is 15.7 Å². The van der Waals surface area contributed by atoms with Crippen LogP contribution in [0.25, 0.3) is 39.0 Å². The predicted octanol–water partition coefficient (Wildman–Crippen LogP) is 8.44. The zero-order valence-electron chi connectivity index (χ0n) is 33.8. The van der Waals surface area contributed by atoms with Gasteiger partial charge in [-0.25, -0.2) is 14.3 Å². The number of carbonyl (C=O) groups is 2. The van der Waals surface area contributed by atoms with E-state index in [-0.39, 0.29) is 60.9 Å². The van der Waals surface area contributed by atoms with E-state index < -0.39 is 23.3 Å². The van der Waals surface area contributed by atoms with E-state index in [1.807, 2.05) is 36.4 Å². The Labute approximate surface area is 349 Å². The molecule has 17 heteroatoms. The molecule has 6 rings (SSSR count). The van der Waals surface area contributed by atoms with Crippen LogP contribution >= 0.6 is 23.2 Å². The molecule has 59 heavy (non-hydrogen) atoms. The summed E-state index contributed by atoms with van der Waals surface area (Å²) in [4.78, 5) is 44.9. The van der Waals surface area contributed by atoms with Crippen LogP contribution in [0.15, 0.2) is 65.6 Å². The molecule has 3 aromatic heterocycles. The fraction of sp³-hybridized carbons (Fsp3) is 0.405. The smallest absolute Gasteiger partial charge is 0.410 e. The molecule has 4 heterocycles. The number of hydrogen-bond donors (Lipinski definition) is 2. The number of pyridine rings is 1. The molecule has 2 aromatic carbocycles.